The molecule has 1 aromatic heterocycles. The molecule has 0 bridgehead atoms. The largest absolute Gasteiger partial charge is 0.503 e. The lowest BCUT2D eigenvalue weighted by atomic mass is 10.0. The smallest absolute Gasteiger partial charge is 0.410 e. The number of nitrogens with two attached hydrogens (primary N) is 2. The van der Waals surface area contributed by atoms with Gasteiger partial charge < -0.3 is 35.7 Å². The van der Waals surface area contributed by atoms with E-state index >= 15 is 0 Å². The molecule has 4 fully saturated rings. The van der Waals surface area contributed by atoms with E-state index in [-0.39, 0.29) is 48.0 Å². The predicted molar refractivity (Wildman–Crippen MR) is 206 cm³/mol. The number of pyridine rings is 1. The van der Waals surface area contributed by atoms with Gasteiger partial charge in [0.25, 0.3) is 5.91 Å². The van der Waals surface area contributed by atoms with Crippen molar-refractivity contribution in [2.75, 3.05) is 32.7 Å². The third-order valence-corrected chi connectivity index (χ3v) is 11.4. The zero-order chi connectivity index (χ0) is 39.9. The maximum Gasteiger partial charge on any atom is 0.410 e. The van der Waals surface area contributed by atoms with E-state index in [2.05, 4.69) is 4.90 Å². The Bertz CT molecular complexity index is 1720. The van der Waals surface area contributed by atoms with Gasteiger partial charge in [0.1, 0.15) is 23.4 Å². The first-order chi connectivity index (χ1) is 26.2. The summed E-state index contributed by atoms with van der Waals surface area (Å²) in [5.41, 5.74) is 9.46. The van der Waals surface area contributed by atoms with E-state index in [9.17, 15) is 33.1 Å². The summed E-state index contributed by atoms with van der Waals surface area (Å²) in [6, 6.07) is 3.82. The second-order valence-corrected chi connectivity index (χ2v) is 16.5. The van der Waals surface area contributed by atoms with Crippen LogP contribution in [0.5, 0.6) is 5.75 Å². The molecule has 14 heteroatoms. The number of aromatic hydroxyl groups is 1. The summed E-state index contributed by atoms with van der Waals surface area (Å²) in [7, 11) is 0. The number of aromatic nitrogens is 1. The zero-order valence-corrected chi connectivity index (χ0v) is 32.7. The van der Waals surface area contributed by atoms with Gasteiger partial charge in [-0.25, -0.2) is 13.6 Å². The van der Waals surface area contributed by atoms with Crippen LogP contribution >= 0.6 is 0 Å². The second kappa shape index (κ2) is 18.8. The first-order valence-corrected chi connectivity index (χ1v) is 20.1. The van der Waals surface area contributed by atoms with E-state index in [1.165, 1.54) is 48.9 Å². The normalized spacial score (nSPS) is 22.2. The number of hydrogen-bond donors (Lipinski definition) is 3. The fourth-order valence-corrected chi connectivity index (χ4v) is 8.68. The number of fused-ring (bicyclic) bond motifs is 4. The Labute approximate surface area is 323 Å². The summed E-state index contributed by atoms with van der Waals surface area (Å²) in [6.45, 7) is 9.81. The van der Waals surface area contributed by atoms with Crippen LogP contribution in [-0.2, 0) is 17.7 Å². The maximum absolute atomic E-state index is 13.9. The zero-order valence-electron chi connectivity index (χ0n) is 32.7. The Hall–Kier alpha value is -3.88. The van der Waals surface area contributed by atoms with Crippen molar-refractivity contribution in [1.29, 1.82) is 0 Å². The van der Waals surface area contributed by atoms with Gasteiger partial charge >= 0.3 is 6.09 Å². The highest BCUT2D eigenvalue weighted by Crippen LogP contribution is 2.34. The monoisotopic (exact) mass is 770 g/mol. The van der Waals surface area contributed by atoms with Crippen LogP contribution in [0.2, 0.25) is 0 Å². The molecule has 7 rings (SSSR count). The number of nitrogens with zero attached hydrogens (tertiary/aromatic N) is 4. The van der Waals surface area contributed by atoms with Crippen LogP contribution in [0.15, 0.2) is 29.2 Å². The van der Waals surface area contributed by atoms with Crippen LogP contribution in [-0.4, -0.2) is 98.7 Å². The average molecular weight is 771 g/mol. The summed E-state index contributed by atoms with van der Waals surface area (Å²) < 4.78 is 33.8. The van der Waals surface area contributed by atoms with E-state index in [0.29, 0.717) is 25.7 Å². The lowest BCUT2D eigenvalue weighted by Crippen LogP contribution is -2.62. The van der Waals surface area contributed by atoms with E-state index in [0.717, 1.165) is 76.2 Å². The Morgan fingerprint density at radius 1 is 0.927 bits per heavy atom. The van der Waals surface area contributed by atoms with Crippen molar-refractivity contribution in [2.24, 2.45) is 17.4 Å². The Kier molecular flexibility index (Phi) is 14.5. The molecule has 55 heavy (non-hydrogen) atoms. The number of halogens is 2. The van der Waals surface area contributed by atoms with Crippen molar-refractivity contribution in [2.45, 2.75) is 135 Å². The minimum Gasteiger partial charge on any atom is -0.503 e. The predicted octanol–water partition coefficient (Wildman–Crippen LogP) is 5.56. The van der Waals surface area contributed by atoms with Gasteiger partial charge in [-0.2, -0.15) is 0 Å². The quantitative estimate of drug-likeness (QED) is 0.292. The van der Waals surface area contributed by atoms with Crippen molar-refractivity contribution >= 4 is 17.8 Å². The number of carbonyl (C=O) groups excluding carboxylic acids is 3. The molecule has 4 aliphatic heterocycles. The topological polar surface area (TPSA) is 164 Å². The lowest BCUT2D eigenvalue weighted by molar-refractivity contribution is -0.0211. The molecular formula is C41H60F2N6O6. The molecule has 1 saturated carbocycles. The van der Waals surface area contributed by atoms with Gasteiger partial charge in [0.05, 0.1) is 12.1 Å². The van der Waals surface area contributed by atoms with Gasteiger partial charge in [0.15, 0.2) is 17.2 Å². The summed E-state index contributed by atoms with van der Waals surface area (Å²) in [4.78, 5) is 56.2. The Balaban J connectivity index is 0.000000208. The van der Waals surface area contributed by atoms with Gasteiger partial charge in [-0.1, -0.05) is 31.7 Å². The van der Waals surface area contributed by atoms with Crippen molar-refractivity contribution in [3.05, 3.63) is 63.1 Å². The molecule has 3 saturated heterocycles. The minimum atomic E-state index is -0.899. The molecule has 5 aliphatic rings. The van der Waals surface area contributed by atoms with Gasteiger partial charge in [-0.15, -0.1) is 0 Å². The first kappa shape index (κ1) is 42.3. The molecular weight excluding hydrogens is 710 g/mol. The van der Waals surface area contributed by atoms with Gasteiger partial charge in [0, 0.05) is 50.4 Å². The number of likely N-dealkylation sites (tertiary alicyclic amines) is 1. The summed E-state index contributed by atoms with van der Waals surface area (Å²) in [6.07, 6.45) is 13.8. The third-order valence-electron chi connectivity index (χ3n) is 11.4. The average Bonchev–Trinajstić information content (AvgIpc) is 3.93. The fraction of sp³-hybridized carbons (Fsp3) is 0.659. The van der Waals surface area contributed by atoms with E-state index in [1.807, 2.05) is 25.7 Å². The molecule has 5 N–H and O–H groups in total. The molecule has 1 aliphatic carbocycles. The van der Waals surface area contributed by atoms with Gasteiger partial charge in [-0.05, 0) is 103 Å². The van der Waals surface area contributed by atoms with Crippen LogP contribution < -0.4 is 16.9 Å². The molecule has 2 amide bonds. The van der Waals surface area contributed by atoms with E-state index in [4.69, 9.17) is 16.2 Å². The summed E-state index contributed by atoms with van der Waals surface area (Å²) >= 11 is 0. The molecule has 0 spiro atoms. The number of benzene rings is 1. The van der Waals surface area contributed by atoms with E-state index in [1.54, 1.807) is 4.90 Å². The molecule has 2 aromatic rings. The van der Waals surface area contributed by atoms with Crippen LogP contribution in [0, 0.1) is 17.6 Å². The molecule has 0 radical (unpaired) electrons. The highest BCUT2D eigenvalue weighted by atomic mass is 19.1. The highest BCUT2D eigenvalue weighted by Gasteiger charge is 2.45. The van der Waals surface area contributed by atoms with Gasteiger partial charge in [0.2, 0.25) is 5.43 Å². The molecule has 1 aromatic carbocycles. The van der Waals surface area contributed by atoms with Crippen molar-refractivity contribution in [3.63, 3.8) is 0 Å². The molecule has 3 atom stereocenters. The SMILES string of the molecule is CC(C)(C)OC(=O)N1CCC[C@H]1CCN.NCCC1CCCC1.O=C(CCc1ccc(F)cc1F)c1cn2c(c(O)c1=O)C(=O)N1CC[C@@H]3CCCN3[C@@H]1C2. The molecule has 12 nitrogen and oxygen atoms in total. The third kappa shape index (κ3) is 10.5. The standard InChI is InChI=1S/C23H23F2N3O4.C11H22N2O2.C7H15N/c24-14-5-3-13(17(25)10-14)4-6-18(29)16-11-26-12-19-27-8-1-2-15(27)7-9-28(19)23(32)20(26)22(31)21(16)30;1-11(2,3)15-10(14)13-8-4-5-9(13)6-7-12;8-6-5-7-3-1-2-4-7/h3,5,10-11,15,19,31H,1-2,4,6-9,12H2;9H,4-8,12H2,1-3H3;7H,1-6,8H2/t15-,19-;9-;/m00./s1. The van der Waals surface area contributed by atoms with Crippen LogP contribution in [0.25, 0.3) is 0 Å². The number of hydrogen-bond acceptors (Lipinski definition) is 9. The minimum absolute atomic E-state index is 0.0162. The highest BCUT2D eigenvalue weighted by molar-refractivity contribution is 6.00. The van der Waals surface area contributed by atoms with Crippen LogP contribution in [0.1, 0.15) is 124 Å². The fourth-order valence-electron chi connectivity index (χ4n) is 8.68. The number of Topliss-reactive ketones (excluding diaryl/α,β-unsaturated/α-hetero) is 1. The molecule has 5 heterocycles. The molecule has 0 unspecified atom stereocenters. The van der Waals surface area contributed by atoms with Crippen LogP contribution in [0.3, 0.4) is 0 Å². The number of ketones is 1. The van der Waals surface area contributed by atoms with E-state index < -0.39 is 40.1 Å². The van der Waals surface area contributed by atoms with Crippen LogP contribution in [0.4, 0.5) is 13.6 Å². The lowest BCUT2D eigenvalue weighted by Gasteiger charge is -2.48. The first-order valence-electron chi connectivity index (χ1n) is 20.1. The number of carbonyl (C=O) groups is 3. The second-order valence-electron chi connectivity index (χ2n) is 16.5. The van der Waals surface area contributed by atoms with Gasteiger partial charge in [-0.3, -0.25) is 19.3 Å². The number of rotatable bonds is 8. The summed E-state index contributed by atoms with van der Waals surface area (Å²) in [5.74, 6) is -2.19. The van der Waals surface area contributed by atoms with Crippen molar-refractivity contribution < 1.29 is 33.0 Å². The summed E-state index contributed by atoms with van der Waals surface area (Å²) in [5, 5.41) is 10.5. The molecule has 304 valence electrons. The number of aryl methyl sites for hydroxylation is 1. The number of ether oxygens (including phenoxy) is 1. The Morgan fingerprint density at radius 2 is 1.64 bits per heavy atom. The maximum atomic E-state index is 13.9. The van der Waals surface area contributed by atoms with Crippen molar-refractivity contribution in [1.82, 2.24) is 19.3 Å². The Morgan fingerprint density at radius 3 is 2.31 bits per heavy atom. The van der Waals surface area contributed by atoms with Crippen molar-refractivity contribution in [3.8, 4) is 5.75 Å². The number of amides is 2.